The van der Waals surface area contributed by atoms with Gasteiger partial charge >= 0.3 is 0 Å². The fourth-order valence-corrected chi connectivity index (χ4v) is 3.38. The molecule has 1 aromatic carbocycles. The van der Waals surface area contributed by atoms with E-state index < -0.39 is 5.41 Å². The van der Waals surface area contributed by atoms with Gasteiger partial charge in [0.25, 0.3) is 0 Å². The van der Waals surface area contributed by atoms with Gasteiger partial charge in [0.1, 0.15) is 10.4 Å². The predicted molar refractivity (Wildman–Crippen MR) is 78.1 cm³/mol. The van der Waals surface area contributed by atoms with Gasteiger partial charge in [-0.05, 0) is 24.6 Å². The Balaban J connectivity index is 2.02. The van der Waals surface area contributed by atoms with Crippen molar-refractivity contribution < 1.29 is 4.74 Å². The second kappa shape index (κ2) is 4.71. The standard InChI is InChI=1S/C14H11BrN2OS/c1-9-2-3-10(15)4-11(9)13-17-12(5-19-13)14(6-16)7-18-8-14/h2-5H,7-8H2,1H3. The molecule has 2 aromatic rings. The van der Waals surface area contributed by atoms with Crippen LogP contribution < -0.4 is 0 Å². The zero-order valence-electron chi connectivity index (χ0n) is 10.3. The molecule has 1 fully saturated rings. The average molecular weight is 335 g/mol. The first-order chi connectivity index (χ1) is 9.14. The second-order valence-electron chi connectivity index (χ2n) is 4.68. The molecule has 0 bridgehead atoms. The molecule has 0 unspecified atom stereocenters. The largest absolute Gasteiger partial charge is 0.377 e. The smallest absolute Gasteiger partial charge is 0.146 e. The molecule has 1 aromatic heterocycles. The van der Waals surface area contributed by atoms with Crippen molar-refractivity contribution in [1.29, 1.82) is 5.26 Å². The van der Waals surface area contributed by atoms with Gasteiger partial charge in [0.15, 0.2) is 0 Å². The van der Waals surface area contributed by atoms with Gasteiger partial charge in [-0.25, -0.2) is 4.98 Å². The third kappa shape index (κ3) is 2.10. The van der Waals surface area contributed by atoms with Crippen LogP contribution in [0.3, 0.4) is 0 Å². The number of thiazole rings is 1. The van der Waals surface area contributed by atoms with E-state index in [-0.39, 0.29) is 0 Å². The number of ether oxygens (including phenoxy) is 1. The van der Waals surface area contributed by atoms with Gasteiger partial charge in [0, 0.05) is 15.4 Å². The minimum absolute atomic E-state index is 0.449. The Morgan fingerprint density at radius 1 is 1.47 bits per heavy atom. The summed E-state index contributed by atoms with van der Waals surface area (Å²) in [6.07, 6.45) is 0. The third-order valence-corrected chi connectivity index (χ3v) is 4.70. The normalized spacial score (nSPS) is 16.7. The van der Waals surface area contributed by atoms with Crippen molar-refractivity contribution in [3.05, 3.63) is 39.3 Å². The maximum Gasteiger partial charge on any atom is 0.146 e. The lowest BCUT2D eigenvalue weighted by Gasteiger charge is -2.33. The Labute approximate surface area is 124 Å². The minimum Gasteiger partial charge on any atom is -0.377 e. The first-order valence-electron chi connectivity index (χ1n) is 5.86. The Morgan fingerprint density at radius 2 is 2.26 bits per heavy atom. The van der Waals surface area contributed by atoms with Crippen LogP contribution in [-0.2, 0) is 10.2 Å². The van der Waals surface area contributed by atoms with Gasteiger partial charge in [-0.3, -0.25) is 0 Å². The monoisotopic (exact) mass is 334 g/mol. The molecule has 2 heterocycles. The maximum atomic E-state index is 9.30. The summed E-state index contributed by atoms with van der Waals surface area (Å²) in [5.74, 6) is 0. The summed E-state index contributed by atoms with van der Waals surface area (Å²) in [5.41, 5.74) is 2.59. The van der Waals surface area contributed by atoms with Crippen molar-refractivity contribution in [2.75, 3.05) is 13.2 Å². The number of halogens is 1. The number of nitriles is 1. The molecule has 19 heavy (non-hydrogen) atoms. The zero-order chi connectivity index (χ0) is 13.5. The fourth-order valence-electron chi connectivity index (χ4n) is 2.02. The van der Waals surface area contributed by atoms with Gasteiger partial charge in [0.05, 0.1) is 25.0 Å². The van der Waals surface area contributed by atoms with E-state index in [1.54, 1.807) is 11.3 Å². The van der Waals surface area contributed by atoms with E-state index in [2.05, 4.69) is 46.0 Å². The number of aromatic nitrogens is 1. The van der Waals surface area contributed by atoms with E-state index in [0.717, 1.165) is 20.7 Å². The number of rotatable bonds is 2. The van der Waals surface area contributed by atoms with Crippen LogP contribution in [0.15, 0.2) is 28.1 Å². The minimum atomic E-state index is -0.533. The quantitative estimate of drug-likeness (QED) is 0.841. The lowest BCUT2D eigenvalue weighted by Crippen LogP contribution is -2.45. The number of nitrogens with zero attached hydrogens (tertiary/aromatic N) is 2. The zero-order valence-corrected chi connectivity index (χ0v) is 12.7. The van der Waals surface area contributed by atoms with E-state index in [1.165, 1.54) is 5.56 Å². The van der Waals surface area contributed by atoms with Crippen LogP contribution in [0.5, 0.6) is 0 Å². The van der Waals surface area contributed by atoms with Crippen LogP contribution in [0.25, 0.3) is 10.6 Å². The highest BCUT2D eigenvalue weighted by molar-refractivity contribution is 9.10. The molecule has 0 atom stereocenters. The molecule has 0 radical (unpaired) electrons. The summed E-state index contributed by atoms with van der Waals surface area (Å²) < 4.78 is 6.21. The summed E-state index contributed by atoms with van der Waals surface area (Å²) in [5, 5.41) is 12.2. The molecular weight excluding hydrogens is 324 g/mol. The Bertz CT molecular complexity index is 670. The summed E-state index contributed by atoms with van der Waals surface area (Å²) in [7, 11) is 0. The summed E-state index contributed by atoms with van der Waals surface area (Å²) in [6.45, 7) is 2.96. The first kappa shape index (κ1) is 12.8. The third-order valence-electron chi connectivity index (χ3n) is 3.34. The van der Waals surface area contributed by atoms with Crippen LogP contribution in [0.2, 0.25) is 0 Å². The summed E-state index contributed by atoms with van der Waals surface area (Å²) in [4.78, 5) is 4.64. The van der Waals surface area contributed by atoms with Crippen molar-refractivity contribution in [3.63, 3.8) is 0 Å². The summed E-state index contributed by atoms with van der Waals surface area (Å²) in [6, 6.07) is 8.48. The van der Waals surface area contributed by atoms with E-state index in [0.29, 0.717) is 13.2 Å². The molecule has 5 heteroatoms. The maximum absolute atomic E-state index is 9.30. The number of aryl methyl sites for hydroxylation is 1. The highest BCUT2D eigenvalue weighted by atomic mass is 79.9. The van der Waals surface area contributed by atoms with Crippen LogP contribution in [-0.4, -0.2) is 18.2 Å². The van der Waals surface area contributed by atoms with E-state index in [9.17, 15) is 5.26 Å². The number of hydrogen-bond acceptors (Lipinski definition) is 4. The number of hydrogen-bond donors (Lipinski definition) is 0. The molecule has 0 saturated carbocycles. The van der Waals surface area contributed by atoms with Gasteiger partial charge in [-0.15, -0.1) is 11.3 Å². The van der Waals surface area contributed by atoms with E-state index in [4.69, 9.17) is 4.74 Å². The topological polar surface area (TPSA) is 45.9 Å². The molecule has 0 N–H and O–H groups in total. The Morgan fingerprint density at radius 3 is 2.89 bits per heavy atom. The van der Waals surface area contributed by atoms with Gasteiger partial charge in [-0.2, -0.15) is 5.26 Å². The summed E-state index contributed by atoms with van der Waals surface area (Å²) >= 11 is 5.06. The van der Waals surface area contributed by atoms with Crippen molar-refractivity contribution >= 4 is 27.3 Å². The highest BCUT2D eigenvalue weighted by Gasteiger charge is 2.43. The molecular formula is C14H11BrN2OS. The number of benzene rings is 1. The van der Waals surface area contributed by atoms with Crippen LogP contribution in [0.4, 0.5) is 0 Å². The van der Waals surface area contributed by atoms with Crippen molar-refractivity contribution in [1.82, 2.24) is 4.98 Å². The van der Waals surface area contributed by atoms with Crippen LogP contribution in [0, 0.1) is 18.3 Å². The van der Waals surface area contributed by atoms with Gasteiger partial charge in [0.2, 0.25) is 0 Å². The Hall–Kier alpha value is -1.22. The van der Waals surface area contributed by atoms with Gasteiger partial charge < -0.3 is 4.74 Å². The molecule has 3 rings (SSSR count). The first-order valence-corrected chi connectivity index (χ1v) is 7.53. The highest BCUT2D eigenvalue weighted by Crippen LogP contribution is 2.36. The average Bonchev–Trinajstić information content (AvgIpc) is 2.81. The molecule has 1 aliphatic heterocycles. The fraction of sp³-hybridized carbons (Fsp3) is 0.286. The van der Waals surface area contributed by atoms with E-state index >= 15 is 0 Å². The van der Waals surface area contributed by atoms with Crippen molar-refractivity contribution in [2.24, 2.45) is 0 Å². The van der Waals surface area contributed by atoms with E-state index in [1.807, 2.05) is 11.4 Å². The van der Waals surface area contributed by atoms with Crippen LogP contribution in [0.1, 0.15) is 11.3 Å². The molecule has 3 nitrogen and oxygen atoms in total. The molecule has 96 valence electrons. The SMILES string of the molecule is Cc1ccc(Br)cc1-c1nc(C2(C#N)COC2)cs1. The van der Waals surface area contributed by atoms with Gasteiger partial charge in [-0.1, -0.05) is 22.0 Å². The molecule has 0 amide bonds. The molecule has 0 spiro atoms. The van der Waals surface area contributed by atoms with Crippen molar-refractivity contribution in [3.8, 4) is 16.6 Å². The molecule has 1 saturated heterocycles. The molecule has 1 aliphatic rings. The predicted octanol–water partition coefficient (Wildman–Crippen LogP) is 3.67. The Kier molecular flexibility index (Phi) is 3.17. The lowest BCUT2D eigenvalue weighted by atomic mass is 9.85. The second-order valence-corrected chi connectivity index (χ2v) is 6.46. The lowest BCUT2D eigenvalue weighted by molar-refractivity contribution is -0.0314. The van der Waals surface area contributed by atoms with Crippen LogP contribution >= 0.6 is 27.3 Å². The molecule has 0 aliphatic carbocycles. The van der Waals surface area contributed by atoms with Crippen molar-refractivity contribution in [2.45, 2.75) is 12.3 Å².